The molecule has 0 aromatic heterocycles. The number of hydrogen-bond acceptors (Lipinski definition) is 7. The largest absolute Gasteiger partial charge is 0.491 e. The summed E-state index contributed by atoms with van der Waals surface area (Å²) in [7, 11) is 0. The van der Waals surface area contributed by atoms with Gasteiger partial charge in [-0.25, -0.2) is 0 Å². The SMILES string of the molecule is CCC(C)(OCC(O)COc1ccc(C(C)(C)c2ccc(C(C)(CC)OCC3CO3)cc2)cc1)c1ccc(C(C)(C)c2ccc(OCC3CO3)cc2)cc1. The fourth-order valence-electron chi connectivity index (χ4n) is 6.84. The number of hydrogen-bond donors (Lipinski definition) is 1. The molecule has 0 saturated carbocycles. The Balaban J connectivity index is 0.995. The lowest BCUT2D eigenvalue weighted by atomic mass is 9.77. The molecule has 0 amide bonds. The molecule has 2 aliphatic rings. The van der Waals surface area contributed by atoms with Crippen LogP contribution in [0.4, 0.5) is 0 Å². The fourth-order valence-corrected chi connectivity index (χ4v) is 6.84. The van der Waals surface area contributed by atoms with Crippen molar-refractivity contribution in [1.29, 1.82) is 0 Å². The molecule has 2 fully saturated rings. The highest BCUT2D eigenvalue weighted by Crippen LogP contribution is 2.37. The van der Waals surface area contributed by atoms with Crippen LogP contribution in [0, 0.1) is 0 Å². The summed E-state index contributed by atoms with van der Waals surface area (Å²) in [5, 5.41) is 10.9. The van der Waals surface area contributed by atoms with Crippen molar-refractivity contribution in [3.8, 4) is 11.5 Å². The van der Waals surface area contributed by atoms with E-state index in [0.29, 0.717) is 19.0 Å². The van der Waals surface area contributed by atoms with Gasteiger partial charge in [0.05, 0.1) is 37.6 Å². The fraction of sp³-hybridized carbons (Fsp3) is 0.489. The average molecular weight is 737 g/mol. The molecule has 2 heterocycles. The monoisotopic (exact) mass is 736 g/mol. The van der Waals surface area contributed by atoms with Crippen LogP contribution < -0.4 is 9.47 Å². The summed E-state index contributed by atoms with van der Waals surface area (Å²) in [6.07, 6.45) is 1.36. The van der Waals surface area contributed by atoms with Gasteiger partial charge in [0.2, 0.25) is 0 Å². The Hall–Kier alpha value is -3.72. The van der Waals surface area contributed by atoms with Gasteiger partial charge in [-0.2, -0.15) is 0 Å². The van der Waals surface area contributed by atoms with Crippen molar-refractivity contribution in [2.45, 2.75) is 109 Å². The molecule has 290 valence electrons. The van der Waals surface area contributed by atoms with Gasteiger partial charge in [-0.05, 0) is 84.3 Å². The van der Waals surface area contributed by atoms with E-state index >= 15 is 0 Å². The van der Waals surface area contributed by atoms with Crippen molar-refractivity contribution in [3.05, 3.63) is 130 Å². The zero-order valence-corrected chi connectivity index (χ0v) is 33.5. The Morgan fingerprint density at radius 2 is 0.870 bits per heavy atom. The lowest BCUT2D eigenvalue weighted by molar-refractivity contribution is -0.0836. The van der Waals surface area contributed by atoms with Gasteiger partial charge in [-0.1, -0.05) is 114 Å². The van der Waals surface area contributed by atoms with Gasteiger partial charge in [-0.3, -0.25) is 0 Å². The molecule has 5 atom stereocenters. The average Bonchev–Trinajstić information content (AvgIpc) is 4.14. The predicted molar refractivity (Wildman–Crippen MR) is 214 cm³/mol. The van der Waals surface area contributed by atoms with E-state index in [-0.39, 0.29) is 41.9 Å². The van der Waals surface area contributed by atoms with Gasteiger partial charge in [0.25, 0.3) is 0 Å². The minimum Gasteiger partial charge on any atom is -0.491 e. The van der Waals surface area contributed by atoms with Crippen molar-refractivity contribution < 1.29 is 33.5 Å². The summed E-state index contributed by atoms with van der Waals surface area (Å²) in [5.74, 6) is 1.58. The predicted octanol–water partition coefficient (Wildman–Crippen LogP) is 9.24. The van der Waals surface area contributed by atoms with Gasteiger partial charge < -0.3 is 33.5 Å². The molecule has 2 saturated heterocycles. The lowest BCUT2D eigenvalue weighted by Gasteiger charge is -2.32. The first-order valence-electron chi connectivity index (χ1n) is 19.6. The van der Waals surface area contributed by atoms with Gasteiger partial charge in [0, 0.05) is 10.8 Å². The first-order valence-corrected chi connectivity index (χ1v) is 19.6. The topological polar surface area (TPSA) is 82.2 Å². The third-order valence-electron chi connectivity index (χ3n) is 11.8. The normalized spacial score (nSPS) is 19.7. The maximum Gasteiger partial charge on any atom is 0.119 e. The van der Waals surface area contributed by atoms with Crippen molar-refractivity contribution in [3.63, 3.8) is 0 Å². The summed E-state index contributed by atoms with van der Waals surface area (Å²) in [6.45, 7) is 20.6. The Kier molecular flexibility index (Phi) is 12.3. The van der Waals surface area contributed by atoms with Crippen LogP contribution in [0.1, 0.15) is 102 Å². The second-order valence-electron chi connectivity index (χ2n) is 16.4. The van der Waals surface area contributed by atoms with Crippen molar-refractivity contribution >= 4 is 0 Å². The third kappa shape index (κ3) is 9.55. The molecule has 0 radical (unpaired) electrons. The highest BCUT2D eigenvalue weighted by atomic mass is 16.6. The van der Waals surface area contributed by atoms with Crippen LogP contribution >= 0.6 is 0 Å². The van der Waals surface area contributed by atoms with Crippen LogP contribution in [0.25, 0.3) is 0 Å². The summed E-state index contributed by atoms with van der Waals surface area (Å²) in [6, 6.07) is 34.0. The summed E-state index contributed by atoms with van der Waals surface area (Å²) in [5.41, 5.74) is 5.81. The van der Waals surface area contributed by atoms with Crippen molar-refractivity contribution in [2.24, 2.45) is 0 Å². The lowest BCUT2D eigenvalue weighted by Crippen LogP contribution is -2.32. The van der Waals surface area contributed by atoms with E-state index in [1.807, 2.05) is 24.3 Å². The molecule has 54 heavy (non-hydrogen) atoms. The van der Waals surface area contributed by atoms with E-state index in [1.165, 1.54) is 27.8 Å². The zero-order valence-electron chi connectivity index (χ0n) is 33.5. The van der Waals surface area contributed by atoms with Gasteiger partial charge in [0.15, 0.2) is 0 Å². The van der Waals surface area contributed by atoms with Crippen molar-refractivity contribution in [1.82, 2.24) is 0 Å². The van der Waals surface area contributed by atoms with Crippen molar-refractivity contribution in [2.75, 3.05) is 39.6 Å². The molecule has 2 aliphatic heterocycles. The van der Waals surface area contributed by atoms with Gasteiger partial charge in [-0.15, -0.1) is 0 Å². The third-order valence-corrected chi connectivity index (χ3v) is 11.8. The number of rotatable bonds is 20. The maximum absolute atomic E-state index is 10.9. The summed E-state index contributed by atoms with van der Waals surface area (Å²) >= 11 is 0. The first-order chi connectivity index (χ1) is 25.8. The molecule has 0 bridgehead atoms. The van der Waals surface area contributed by atoms with E-state index in [0.717, 1.165) is 37.4 Å². The highest BCUT2D eigenvalue weighted by molar-refractivity contribution is 5.43. The molecule has 1 N–H and O–H groups in total. The Morgan fingerprint density at radius 3 is 1.28 bits per heavy atom. The molecule has 4 aromatic carbocycles. The second kappa shape index (κ2) is 16.6. The van der Waals surface area contributed by atoms with Gasteiger partial charge in [0.1, 0.15) is 43.0 Å². The Labute approximate surface area is 322 Å². The molecule has 7 nitrogen and oxygen atoms in total. The number of ether oxygens (including phenoxy) is 6. The quantitative estimate of drug-likeness (QED) is 0.0907. The number of aliphatic hydroxyl groups excluding tert-OH is 1. The number of benzene rings is 4. The van der Waals surface area contributed by atoms with Crippen LogP contribution in [0.15, 0.2) is 97.1 Å². The minimum atomic E-state index is -0.776. The minimum absolute atomic E-state index is 0.139. The second-order valence-corrected chi connectivity index (χ2v) is 16.4. The highest BCUT2D eigenvalue weighted by Gasteiger charge is 2.32. The zero-order chi connectivity index (χ0) is 38.6. The first kappa shape index (κ1) is 40.0. The maximum atomic E-state index is 10.9. The van der Waals surface area contributed by atoms with Crippen LogP contribution in [0.2, 0.25) is 0 Å². The summed E-state index contributed by atoms with van der Waals surface area (Å²) in [4.78, 5) is 0. The Bertz CT molecular complexity index is 1770. The molecule has 4 aromatic rings. The summed E-state index contributed by atoms with van der Waals surface area (Å²) < 4.78 is 35.1. The van der Waals surface area contributed by atoms with Crippen LogP contribution in [0.3, 0.4) is 0 Å². The molecule has 7 heteroatoms. The molecule has 0 aliphatic carbocycles. The van der Waals surface area contributed by atoms with E-state index in [4.69, 9.17) is 28.4 Å². The standard InChI is InChI=1S/C47H60O7/c1-9-46(7,37-15-11-33(12-16-37)45(5,6)36-21-25-41(26-22-36)50-29-42-30-51-42)53-28-39(48)27-49-40-23-19-35(20-24-40)44(3,4)34-13-17-38(18-14-34)47(8,10-2)54-32-43-31-52-43/h11-26,39,42-43,48H,9-10,27-32H2,1-8H3. The smallest absolute Gasteiger partial charge is 0.119 e. The van der Waals surface area contributed by atoms with E-state index in [2.05, 4.69) is 128 Å². The van der Waals surface area contributed by atoms with E-state index in [1.54, 1.807) is 0 Å². The van der Waals surface area contributed by atoms with E-state index < -0.39 is 11.7 Å². The molecule has 6 rings (SSSR count). The van der Waals surface area contributed by atoms with E-state index in [9.17, 15) is 5.11 Å². The number of epoxide rings is 2. The van der Waals surface area contributed by atoms with Crippen LogP contribution in [0.5, 0.6) is 11.5 Å². The molecule has 5 unspecified atom stereocenters. The van der Waals surface area contributed by atoms with Gasteiger partial charge >= 0.3 is 0 Å². The molecule has 0 spiro atoms. The van der Waals surface area contributed by atoms with Crippen LogP contribution in [-0.2, 0) is 41.0 Å². The Morgan fingerprint density at radius 1 is 0.519 bits per heavy atom. The number of aliphatic hydroxyl groups is 1. The molecular weight excluding hydrogens is 677 g/mol. The van der Waals surface area contributed by atoms with Crippen LogP contribution in [-0.4, -0.2) is 63.1 Å². The molecular formula is C47H60O7.